The van der Waals surface area contributed by atoms with Crippen molar-refractivity contribution in [2.45, 2.75) is 64.8 Å². The Bertz CT molecular complexity index is 285. The van der Waals surface area contributed by atoms with Gasteiger partial charge in [0.1, 0.15) is 5.78 Å². The van der Waals surface area contributed by atoms with Crippen LogP contribution in [0, 0.1) is 11.8 Å². The van der Waals surface area contributed by atoms with Gasteiger partial charge in [-0.15, -0.1) is 0 Å². The lowest BCUT2D eigenvalue weighted by atomic mass is 9.79. The first-order valence-electron chi connectivity index (χ1n) is 7.30. The maximum absolute atomic E-state index is 12.0. The van der Waals surface area contributed by atoms with Crippen LogP contribution in [-0.2, 0) is 4.79 Å². The van der Waals surface area contributed by atoms with Gasteiger partial charge in [-0.05, 0) is 52.0 Å². The quantitative estimate of drug-likeness (QED) is 0.751. The molecule has 0 amide bonds. The Hall–Kier alpha value is -0.370. The lowest BCUT2D eigenvalue weighted by Gasteiger charge is -2.36. The summed E-state index contributed by atoms with van der Waals surface area (Å²) >= 11 is 0. The number of hydrogen-bond donors (Lipinski definition) is 0. The fourth-order valence-corrected chi connectivity index (χ4v) is 3.52. The predicted octanol–water partition coefficient (Wildman–Crippen LogP) is 3.26. The minimum atomic E-state index is 0.319. The SMILES string of the molecule is CCC1CCC(=O)C(CN2CCCC2(C)C)C1. The van der Waals surface area contributed by atoms with Crippen molar-refractivity contribution < 1.29 is 4.79 Å². The summed E-state index contributed by atoms with van der Waals surface area (Å²) in [7, 11) is 0. The van der Waals surface area contributed by atoms with Crippen molar-refractivity contribution in [1.29, 1.82) is 0 Å². The van der Waals surface area contributed by atoms with Crippen molar-refractivity contribution in [2.24, 2.45) is 11.8 Å². The van der Waals surface area contributed by atoms with Gasteiger partial charge in [0, 0.05) is 24.4 Å². The largest absolute Gasteiger partial charge is 0.299 e. The Kier molecular flexibility index (Phi) is 3.92. The number of nitrogens with zero attached hydrogens (tertiary/aromatic N) is 1. The molecule has 2 unspecified atom stereocenters. The van der Waals surface area contributed by atoms with E-state index >= 15 is 0 Å². The van der Waals surface area contributed by atoms with Crippen molar-refractivity contribution in [3.8, 4) is 0 Å². The molecule has 0 aromatic heterocycles. The molecule has 0 aromatic carbocycles. The molecule has 0 aromatic rings. The van der Waals surface area contributed by atoms with Gasteiger partial charge in [0.15, 0.2) is 0 Å². The number of ketones is 1. The van der Waals surface area contributed by atoms with Crippen LogP contribution >= 0.6 is 0 Å². The molecule has 0 N–H and O–H groups in total. The van der Waals surface area contributed by atoms with Crippen LogP contribution in [0.25, 0.3) is 0 Å². The minimum Gasteiger partial charge on any atom is -0.299 e. The number of carbonyl (C=O) groups excluding carboxylic acids is 1. The Morgan fingerprint density at radius 1 is 1.41 bits per heavy atom. The molecule has 2 heteroatoms. The average Bonchev–Trinajstić information content (AvgIpc) is 2.61. The van der Waals surface area contributed by atoms with Gasteiger partial charge < -0.3 is 0 Å². The van der Waals surface area contributed by atoms with E-state index in [2.05, 4.69) is 25.7 Å². The monoisotopic (exact) mass is 237 g/mol. The van der Waals surface area contributed by atoms with Crippen molar-refractivity contribution in [3.63, 3.8) is 0 Å². The normalized spacial score (nSPS) is 34.2. The standard InChI is InChI=1S/C15H27NO/c1-4-12-6-7-14(17)13(10-12)11-16-9-5-8-15(16,2)3/h12-13H,4-11H2,1-3H3. The van der Waals surface area contributed by atoms with Crippen LogP contribution in [0.15, 0.2) is 0 Å². The zero-order chi connectivity index (χ0) is 12.5. The summed E-state index contributed by atoms with van der Waals surface area (Å²) in [4.78, 5) is 14.6. The smallest absolute Gasteiger partial charge is 0.137 e. The second kappa shape index (κ2) is 5.09. The average molecular weight is 237 g/mol. The molecular weight excluding hydrogens is 210 g/mol. The third kappa shape index (κ3) is 2.90. The highest BCUT2D eigenvalue weighted by atomic mass is 16.1. The van der Waals surface area contributed by atoms with E-state index in [9.17, 15) is 4.79 Å². The van der Waals surface area contributed by atoms with Crippen LogP contribution in [0.1, 0.15) is 59.3 Å². The lowest BCUT2D eigenvalue weighted by Crippen LogP contribution is -2.44. The zero-order valence-electron chi connectivity index (χ0n) is 11.7. The zero-order valence-corrected chi connectivity index (χ0v) is 11.7. The molecule has 2 nitrogen and oxygen atoms in total. The number of Topliss-reactive ketones (excluding diaryl/α,β-unsaturated/α-hetero) is 1. The van der Waals surface area contributed by atoms with Gasteiger partial charge in [-0.25, -0.2) is 0 Å². The Morgan fingerprint density at radius 2 is 2.18 bits per heavy atom. The number of hydrogen-bond acceptors (Lipinski definition) is 2. The second-order valence-electron chi connectivity index (χ2n) is 6.57. The van der Waals surface area contributed by atoms with E-state index < -0.39 is 0 Å². The third-order valence-electron chi connectivity index (χ3n) is 4.96. The Labute approximate surface area is 106 Å². The second-order valence-corrected chi connectivity index (χ2v) is 6.57. The predicted molar refractivity (Wildman–Crippen MR) is 71.0 cm³/mol. The van der Waals surface area contributed by atoms with E-state index in [-0.39, 0.29) is 0 Å². The van der Waals surface area contributed by atoms with Gasteiger partial charge >= 0.3 is 0 Å². The van der Waals surface area contributed by atoms with Gasteiger partial charge in [-0.3, -0.25) is 9.69 Å². The van der Waals surface area contributed by atoms with Crippen LogP contribution in [0.3, 0.4) is 0 Å². The summed E-state index contributed by atoms with van der Waals surface area (Å²) in [6.07, 6.45) is 6.93. The molecule has 0 bridgehead atoms. The first-order valence-corrected chi connectivity index (χ1v) is 7.30. The molecule has 98 valence electrons. The van der Waals surface area contributed by atoms with Crippen molar-refractivity contribution in [2.75, 3.05) is 13.1 Å². The molecule has 17 heavy (non-hydrogen) atoms. The fourth-order valence-electron chi connectivity index (χ4n) is 3.52. The maximum atomic E-state index is 12.0. The molecule has 0 spiro atoms. The molecule has 1 saturated heterocycles. The minimum absolute atomic E-state index is 0.319. The van der Waals surface area contributed by atoms with Crippen molar-refractivity contribution >= 4 is 5.78 Å². The van der Waals surface area contributed by atoms with Gasteiger partial charge in [-0.1, -0.05) is 13.3 Å². The molecule has 1 aliphatic heterocycles. The molecule has 0 radical (unpaired) electrons. The summed E-state index contributed by atoms with van der Waals surface area (Å²) in [6.45, 7) is 9.11. The molecule has 2 rings (SSSR count). The van der Waals surface area contributed by atoms with E-state index in [1.807, 2.05) is 0 Å². The Balaban J connectivity index is 1.95. The van der Waals surface area contributed by atoms with Gasteiger partial charge in [-0.2, -0.15) is 0 Å². The van der Waals surface area contributed by atoms with Crippen molar-refractivity contribution in [3.05, 3.63) is 0 Å². The molecule has 1 aliphatic carbocycles. The van der Waals surface area contributed by atoms with Crippen molar-refractivity contribution in [1.82, 2.24) is 4.90 Å². The van der Waals surface area contributed by atoms with Crippen LogP contribution in [0.2, 0.25) is 0 Å². The molecular formula is C15H27NO. The Morgan fingerprint density at radius 3 is 2.76 bits per heavy atom. The molecule has 2 fully saturated rings. The first kappa shape index (κ1) is 13.1. The highest BCUT2D eigenvalue weighted by Crippen LogP contribution is 2.34. The summed E-state index contributed by atoms with van der Waals surface area (Å²) in [5.74, 6) is 1.65. The van der Waals surface area contributed by atoms with E-state index in [4.69, 9.17) is 0 Å². The summed E-state index contributed by atoms with van der Waals surface area (Å²) in [5.41, 5.74) is 0.319. The van der Waals surface area contributed by atoms with Gasteiger partial charge in [0.05, 0.1) is 0 Å². The topological polar surface area (TPSA) is 20.3 Å². The maximum Gasteiger partial charge on any atom is 0.137 e. The fraction of sp³-hybridized carbons (Fsp3) is 0.933. The third-order valence-corrected chi connectivity index (χ3v) is 4.96. The molecule has 1 heterocycles. The van der Waals surface area contributed by atoms with E-state index in [0.29, 0.717) is 17.2 Å². The number of likely N-dealkylation sites (tertiary alicyclic amines) is 1. The summed E-state index contributed by atoms with van der Waals surface area (Å²) in [6, 6.07) is 0. The first-order chi connectivity index (χ1) is 8.03. The van der Waals surface area contributed by atoms with E-state index in [1.54, 1.807) is 0 Å². The van der Waals surface area contributed by atoms with Crippen LogP contribution in [0.4, 0.5) is 0 Å². The van der Waals surface area contributed by atoms with Gasteiger partial charge in [0.25, 0.3) is 0 Å². The number of carbonyl (C=O) groups is 1. The van der Waals surface area contributed by atoms with Crippen LogP contribution in [-0.4, -0.2) is 29.3 Å². The number of rotatable bonds is 3. The highest BCUT2D eigenvalue weighted by molar-refractivity contribution is 5.82. The van der Waals surface area contributed by atoms with Crippen LogP contribution in [0.5, 0.6) is 0 Å². The highest BCUT2D eigenvalue weighted by Gasteiger charge is 2.36. The van der Waals surface area contributed by atoms with Gasteiger partial charge in [0.2, 0.25) is 0 Å². The molecule has 2 atom stereocenters. The lowest BCUT2D eigenvalue weighted by molar-refractivity contribution is -0.126. The van der Waals surface area contributed by atoms with E-state index in [1.165, 1.54) is 25.8 Å². The summed E-state index contributed by atoms with van der Waals surface area (Å²) < 4.78 is 0. The van der Waals surface area contributed by atoms with Crippen LogP contribution < -0.4 is 0 Å². The summed E-state index contributed by atoms with van der Waals surface area (Å²) in [5, 5.41) is 0. The molecule has 1 saturated carbocycles. The van der Waals surface area contributed by atoms with E-state index in [0.717, 1.165) is 31.7 Å². The molecule has 2 aliphatic rings.